The van der Waals surface area contributed by atoms with Gasteiger partial charge in [0, 0.05) is 23.3 Å². The monoisotopic (exact) mass is 306 g/mol. The molecule has 0 radical (unpaired) electrons. The van der Waals surface area contributed by atoms with E-state index in [1.807, 2.05) is 0 Å². The molecule has 0 bridgehead atoms. The lowest BCUT2D eigenvalue weighted by Gasteiger charge is -2.31. The second-order valence-electron chi connectivity index (χ2n) is 5.14. The Hall–Kier alpha value is -2.80. The molecule has 3 rings (SSSR count). The van der Waals surface area contributed by atoms with Gasteiger partial charge in [0.25, 0.3) is 0 Å². The van der Waals surface area contributed by atoms with Gasteiger partial charge < -0.3 is 35.4 Å². The van der Waals surface area contributed by atoms with Crippen molar-refractivity contribution in [3.8, 4) is 34.5 Å². The van der Waals surface area contributed by atoms with E-state index in [0.29, 0.717) is 0 Å². The summed E-state index contributed by atoms with van der Waals surface area (Å²) in [5.74, 6) is -2.47. The van der Waals surface area contributed by atoms with E-state index in [-0.39, 0.29) is 35.0 Å². The van der Waals surface area contributed by atoms with E-state index in [2.05, 4.69) is 0 Å². The Morgan fingerprint density at radius 3 is 1.95 bits per heavy atom. The van der Waals surface area contributed by atoms with Gasteiger partial charge in [0.1, 0.15) is 11.5 Å². The van der Waals surface area contributed by atoms with Crippen molar-refractivity contribution in [1.29, 1.82) is 0 Å². The number of benzene rings is 2. The molecule has 2 unspecified atom stereocenters. The van der Waals surface area contributed by atoms with Gasteiger partial charge in [-0.2, -0.15) is 0 Å². The molecular weight excluding hydrogens is 292 g/mol. The number of hydrogen-bond donors (Lipinski definition) is 6. The van der Waals surface area contributed by atoms with Gasteiger partial charge in [-0.3, -0.25) is 0 Å². The molecule has 0 fully saturated rings. The van der Waals surface area contributed by atoms with Gasteiger partial charge in [-0.1, -0.05) is 0 Å². The number of aliphatic hydroxyl groups is 1. The summed E-state index contributed by atoms with van der Waals surface area (Å²) in [6.07, 6.45) is -1.13. The molecule has 2 atom stereocenters. The summed E-state index contributed by atoms with van der Waals surface area (Å²) in [6, 6.07) is 4.49. The molecule has 1 aliphatic rings. The molecule has 0 amide bonds. The van der Waals surface area contributed by atoms with Crippen LogP contribution in [-0.4, -0.2) is 37.2 Å². The molecule has 6 N–H and O–H groups in total. The van der Waals surface area contributed by atoms with Gasteiger partial charge in [-0.05, 0) is 12.1 Å². The van der Waals surface area contributed by atoms with Crippen molar-refractivity contribution in [3.05, 3.63) is 35.4 Å². The van der Waals surface area contributed by atoms with E-state index >= 15 is 0 Å². The summed E-state index contributed by atoms with van der Waals surface area (Å²) < 4.78 is 5.44. The number of rotatable bonds is 1. The third-order valence-corrected chi connectivity index (χ3v) is 3.75. The molecule has 2 aromatic carbocycles. The zero-order chi connectivity index (χ0) is 16.0. The van der Waals surface area contributed by atoms with Gasteiger partial charge in [-0.15, -0.1) is 0 Å². The van der Waals surface area contributed by atoms with E-state index in [9.17, 15) is 30.6 Å². The number of phenols is 5. The van der Waals surface area contributed by atoms with Crippen molar-refractivity contribution in [1.82, 2.24) is 0 Å². The summed E-state index contributed by atoms with van der Waals surface area (Å²) in [5, 5.41) is 58.3. The van der Waals surface area contributed by atoms with Gasteiger partial charge in [0.05, 0.1) is 18.6 Å². The summed E-state index contributed by atoms with van der Waals surface area (Å²) in [5.41, 5.74) is 0.444. The summed E-state index contributed by atoms with van der Waals surface area (Å²) in [6.45, 7) is -0.0177. The number of ether oxygens (including phenoxy) is 1. The predicted molar refractivity (Wildman–Crippen MR) is 74.4 cm³/mol. The average molecular weight is 306 g/mol. The van der Waals surface area contributed by atoms with Crippen LogP contribution in [-0.2, 0) is 0 Å². The molecule has 7 nitrogen and oxygen atoms in total. The van der Waals surface area contributed by atoms with Crippen LogP contribution in [0.15, 0.2) is 24.3 Å². The van der Waals surface area contributed by atoms with Crippen LogP contribution in [0.25, 0.3) is 0 Å². The van der Waals surface area contributed by atoms with Gasteiger partial charge in [-0.25, -0.2) is 0 Å². The molecule has 0 spiro atoms. The van der Waals surface area contributed by atoms with E-state index in [4.69, 9.17) is 4.74 Å². The standard InChI is InChI=1S/C15H14O7/c16-9-3-12(19)10(17)1-6(9)8-5-22-14-4-13(20)11(18)2-7(14)15(8)21/h1-4,8,15-21H,5H2. The topological polar surface area (TPSA) is 131 Å². The molecule has 0 saturated carbocycles. The largest absolute Gasteiger partial charge is 0.508 e. The van der Waals surface area contributed by atoms with E-state index in [1.54, 1.807) is 0 Å². The van der Waals surface area contributed by atoms with Crippen LogP contribution in [0.2, 0.25) is 0 Å². The molecule has 116 valence electrons. The third-order valence-electron chi connectivity index (χ3n) is 3.75. The summed E-state index contributed by atoms with van der Waals surface area (Å²) >= 11 is 0. The van der Waals surface area contributed by atoms with Crippen molar-refractivity contribution >= 4 is 0 Å². The number of hydrogen-bond acceptors (Lipinski definition) is 7. The van der Waals surface area contributed by atoms with Gasteiger partial charge in [0.15, 0.2) is 23.0 Å². The van der Waals surface area contributed by atoms with Crippen molar-refractivity contribution in [2.24, 2.45) is 0 Å². The maximum absolute atomic E-state index is 10.4. The fourth-order valence-electron chi connectivity index (χ4n) is 2.56. The first-order chi connectivity index (χ1) is 10.4. The van der Waals surface area contributed by atoms with Crippen LogP contribution < -0.4 is 4.74 Å². The highest BCUT2D eigenvalue weighted by molar-refractivity contribution is 5.54. The van der Waals surface area contributed by atoms with E-state index in [1.165, 1.54) is 12.1 Å². The Labute approximate surface area is 124 Å². The highest BCUT2D eigenvalue weighted by Gasteiger charge is 2.34. The van der Waals surface area contributed by atoms with Crippen LogP contribution in [0, 0.1) is 0 Å². The minimum absolute atomic E-state index is 0.0177. The Morgan fingerprint density at radius 1 is 0.727 bits per heavy atom. The van der Waals surface area contributed by atoms with Crippen LogP contribution in [0.1, 0.15) is 23.1 Å². The summed E-state index contributed by atoms with van der Waals surface area (Å²) in [7, 11) is 0. The highest BCUT2D eigenvalue weighted by atomic mass is 16.5. The molecule has 1 heterocycles. The fraction of sp³-hybridized carbons (Fsp3) is 0.200. The van der Waals surface area contributed by atoms with Crippen molar-refractivity contribution < 1.29 is 35.4 Å². The fourth-order valence-corrected chi connectivity index (χ4v) is 2.56. The van der Waals surface area contributed by atoms with Crippen molar-refractivity contribution in [2.75, 3.05) is 6.61 Å². The van der Waals surface area contributed by atoms with Crippen LogP contribution in [0.4, 0.5) is 0 Å². The van der Waals surface area contributed by atoms with Gasteiger partial charge in [0.2, 0.25) is 0 Å². The molecule has 22 heavy (non-hydrogen) atoms. The van der Waals surface area contributed by atoms with E-state index < -0.39 is 29.3 Å². The lowest BCUT2D eigenvalue weighted by molar-refractivity contribution is 0.0870. The number of fused-ring (bicyclic) bond motifs is 1. The molecule has 7 heteroatoms. The lowest BCUT2D eigenvalue weighted by atomic mass is 9.86. The molecule has 0 aromatic heterocycles. The molecular formula is C15H14O7. The SMILES string of the molecule is Oc1cc(O)c(C2COc3cc(O)c(O)cc3C2O)cc1O. The number of phenolic OH excluding ortho intramolecular Hbond substituents is 5. The molecule has 1 aliphatic heterocycles. The Balaban J connectivity index is 2.04. The second kappa shape index (κ2) is 4.88. The molecule has 0 aliphatic carbocycles. The minimum atomic E-state index is -1.13. The van der Waals surface area contributed by atoms with E-state index in [0.717, 1.165) is 12.1 Å². The number of aromatic hydroxyl groups is 5. The van der Waals surface area contributed by atoms with Crippen LogP contribution >= 0.6 is 0 Å². The third kappa shape index (κ3) is 2.11. The Morgan fingerprint density at radius 2 is 1.27 bits per heavy atom. The smallest absolute Gasteiger partial charge is 0.161 e. The average Bonchev–Trinajstić information content (AvgIpc) is 2.46. The minimum Gasteiger partial charge on any atom is -0.508 e. The first-order valence-corrected chi connectivity index (χ1v) is 6.50. The first kappa shape index (κ1) is 14.2. The van der Waals surface area contributed by atoms with Crippen LogP contribution in [0.3, 0.4) is 0 Å². The first-order valence-electron chi connectivity index (χ1n) is 6.50. The molecule has 2 aromatic rings. The van der Waals surface area contributed by atoms with Crippen molar-refractivity contribution in [3.63, 3.8) is 0 Å². The zero-order valence-corrected chi connectivity index (χ0v) is 11.3. The normalized spacial score (nSPS) is 20.2. The highest BCUT2D eigenvalue weighted by Crippen LogP contribution is 2.47. The zero-order valence-electron chi connectivity index (χ0n) is 11.3. The van der Waals surface area contributed by atoms with Crippen LogP contribution in [0.5, 0.6) is 34.5 Å². The maximum atomic E-state index is 10.4. The quantitative estimate of drug-likeness (QED) is 0.347. The van der Waals surface area contributed by atoms with Crippen molar-refractivity contribution in [2.45, 2.75) is 12.0 Å². The van der Waals surface area contributed by atoms with Gasteiger partial charge >= 0.3 is 0 Å². The lowest BCUT2D eigenvalue weighted by Crippen LogP contribution is -2.24. The molecule has 0 saturated heterocycles. The Kier molecular flexibility index (Phi) is 3.14. The number of aliphatic hydroxyl groups excluding tert-OH is 1. The Bertz CT molecular complexity index is 741. The second-order valence-corrected chi connectivity index (χ2v) is 5.14. The summed E-state index contributed by atoms with van der Waals surface area (Å²) in [4.78, 5) is 0. The maximum Gasteiger partial charge on any atom is 0.161 e. The predicted octanol–water partition coefficient (Wildman–Crippen LogP) is 1.42.